The summed E-state index contributed by atoms with van der Waals surface area (Å²) in [5.41, 5.74) is 0. The predicted octanol–water partition coefficient (Wildman–Crippen LogP) is 0.385. The highest BCUT2D eigenvalue weighted by Gasteiger charge is 2.29. The number of amides is 4. The summed E-state index contributed by atoms with van der Waals surface area (Å²) >= 11 is 0. The van der Waals surface area contributed by atoms with Crippen LogP contribution in [0.5, 0.6) is 0 Å². The van der Waals surface area contributed by atoms with Crippen LogP contribution >= 0.6 is 0 Å². The van der Waals surface area contributed by atoms with Crippen molar-refractivity contribution >= 4 is 17.8 Å². The predicted molar refractivity (Wildman–Crippen MR) is 64.4 cm³/mol. The van der Waals surface area contributed by atoms with Crippen molar-refractivity contribution in [3.8, 4) is 0 Å². The summed E-state index contributed by atoms with van der Waals surface area (Å²) in [5, 5.41) is 0. The van der Waals surface area contributed by atoms with Crippen molar-refractivity contribution in [2.75, 3.05) is 33.7 Å². The van der Waals surface area contributed by atoms with E-state index in [1.165, 1.54) is 9.80 Å². The molecule has 0 aliphatic heterocycles. The van der Waals surface area contributed by atoms with Crippen LogP contribution in [0.1, 0.15) is 20.8 Å². The first kappa shape index (κ1) is 15.4. The van der Waals surface area contributed by atoms with Gasteiger partial charge in [-0.2, -0.15) is 0 Å². The zero-order valence-electron chi connectivity index (χ0n) is 11.2. The average molecular weight is 243 g/mol. The highest BCUT2D eigenvalue weighted by atomic mass is 16.2. The van der Waals surface area contributed by atoms with E-state index in [-0.39, 0.29) is 6.54 Å². The van der Waals surface area contributed by atoms with Crippen LogP contribution in [0.15, 0.2) is 0 Å². The largest absolute Gasteiger partial charge is 0.335 e. The second kappa shape index (κ2) is 6.88. The van der Waals surface area contributed by atoms with Gasteiger partial charge in [0.15, 0.2) is 0 Å². The fourth-order valence-corrected chi connectivity index (χ4v) is 1.37. The number of likely N-dealkylation sites (N-methyl/N-ethyl adjacent to an activating group) is 2. The lowest BCUT2D eigenvalue weighted by Crippen LogP contribution is -2.50. The maximum Gasteiger partial charge on any atom is 0.326 e. The van der Waals surface area contributed by atoms with E-state index >= 15 is 0 Å². The number of carbonyl (C=O) groups excluding carboxylic acids is 3. The molecule has 0 aromatic carbocycles. The summed E-state index contributed by atoms with van der Waals surface area (Å²) in [6, 6.07) is -0.474. The first-order valence-electron chi connectivity index (χ1n) is 5.72. The fourth-order valence-electron chi connectivity index (χ4n) is 1.37. The highest BCUT2D eigenvalue weighted by molar-refractivity contribution is 6.37. The van der Waals surface area contributed by atoms with Gasteiger partial charge in [-0.3, -0.25) is 14.5 Å². The molecule has 6 nitrogen and oxygen atoms in total. The van der Waals surface area contributed by atoms with Crippen molar-refractivity contribution in [1.82, 2.24) is 14.7 Å². The molecule has 0 aliphatic carbocycles. The van der Waals surface area contributed by atoms with Crippen molar-refractivity contribution < 1.29 is 14.4 Å². The molecule has 0 bridgehead atoms. The number of nitrogens with zero attached hydrogens (tertiary/aromatic N) is 3. The zero-order valence-corrected chi connectivity index (χ0v) is 11.2. The Kier molecular flexibility index (Phi) is 6.23. The minimum atomic E-state index is -0.769. The maximum absolute atomic E-state index is 11.9. The molecule has 0 heterocycles. The molecule has 0 radical (unpaired) electrons. The molecule has 0 fully saturated rings. The second-order valence-electron chi connectivity index (χ2n) is 3.70. The van der Waals surface area contributed by atoms with E-state index in [9.17, 15) is 14.4 Å². The van der Waals surface area contributed by atoms with Gasteiger partial charge in [0.05, 0.1) is 0 Å². The monoisotopic (exact) mass is 243 g/mol. The van der Waals surface area contributed by atoms with Gasteiger partial charge < -0.3 is 9.80 Å². The summed E-state index contributed by atoms with van der Waals surface area (Å²) in [6.45, 7) is 6.33. The lowest BCUT2D eigenvalue weighted by atomic mass is 10.4. The SMILES string of the molecule is CCN(CC)C(=O)C(=O)N(CC)C(=O)N(C)C. The molecule has 0 rings (SSSR count). The molecule has 98 valence electrons. The van der Waals surface area contributed by atoms with Crippen LogP contribution < -0.4 is 0 Å². The highest BCUT2D eigenvalue weighted by Crippen LogP contribution is 2.00. The quantitative estimate of drug-likeness (QED) is 0.673. The smallest absolute Gasteiger partial charge is 0.326 e. The van der Waals surface area contributed by atoms with Crippen molar-refractivity contribution in [3.63, 3.8) is 0 Å². The normalized spacial score (nSPS) is 9.71. The van der Waals surface area contributed by atoms with Crippen LogP contribution in [0.2, 0.25) is 0 Å². The molecule has 0 atom stereocenters. The van der Waals surface area contributed by atoms with Gasteiger partial charge >= 0.3 is 17.8 Å². The Hall–Kier alpha value is -1.59. The molecule has 0 spiro atoms. The van der Waals surface area contributed by atoms with E-state index in [4.69, 9.17) is 0 Å². The van der Waals surface area contributed by atoms with E-state index in [1.54, 1.807) is 34.9 Å². The van der Waals surface area contributed by atoms with E-state index in [2.05, 4.69) is 0 Å². The minimum absolute atomic E-state index is 0.183. The van der Waals surface area contributed by atoms with Crippen LogP contribution in [0.3, 0.4) is 0 Å². The van der Waals surface area contributed by atoms with Crippen molar-refractivity contribution in [2.24, 2.45) is 0 Å². The third kappa shape index (κ3) is 3.72. The van der Waals surface area contributed by atoms with Crippen LogP contribution in [0.4, 0.5) is 4.79 Å². The van der Waals surface area contributed by atoms with Gasteiger partial charge in [-0.15, -0.1) is 0 Å². The van der Waals surface area contributed by atoms with Gasteiger partial charge in [0.25, 0.3) is 0 Å². The zero-order chi connectivity index (χ0) is 13.6. The van der Waals surface area contributed by atoms with Gasteiger partial charge in [0.1, 0.15) is 0 Å². The number of rotatable bonds is 3. The van der Waals surface area contributed by atoms with E-state index < -0.39 is 17.8 Å². The lowest BCUT2D eigenvalue weighted by molar-refractivity contribution is -0.150. The first-order valence-corrected chi connectivity index (χ1v) is 5.72. The Labute approximate surface area is 102 Å². The number of urea groups is 1. The lowest BCUT2D eigenvalue weighted by Gasteiger charge is -2.25. The molecule has 17 heavy (non-hydrogen) atoms. The van der Waals surface area contributed by atoms with Crippen molar-refractivity contribution in [1.29, 1.82) is 0 Å². The summed E-state index contributed by atoms with van der Waals surface area (Å²) < 4.78 is 0. The standard InChI is InChI=1S/C11H21N3O3/c1-6-13(7-2)9(15)10(16)14(8-3)11(17)12(4)5/h6-8H2,1-5H3. The molecular weight excluding hydrogens is 222 g/mol. The molecule has 0 aromatic heterocycles. The van der Waals surface area contributed by atoms with Gasteiger partial charge in [-0.1, -0.05) is 0 Å². The van der Waals surface area contributed by atoms with Crippen LogP contribution in [0, 0.1) is 0 Å². The Morgan fingerprint density at radius 2 is 1.29 bits per heavy atom. The van der Waals surface area contributed by atoms with E-state index in [1.807, 2.05) is 0 Å². The van der Waals surface area contributed by atoms with Gasteiger partial charge in [0, 0.05) is 33.7 Å². The fraction of sp³-hybridized carbons (Fsp3) is 0.727. The summed E-state index contributed by atoms with van der Waals surface area (Å²) in [7, 11) is 3.08. The number of hydrogen-bond acceptors (Lipinski definition) is 3. The molecule has 0 saturated carbocycles. The molecule has 0 N–H and O–H groups in total. The minimum Gasteiger partial charge on any atom is -0.335 e. The maximum atomic E-state index is 11.9. The van der Waals surface area contributed by atoms with Gasteiger partial charge in [0.2, 0.25) is 0 Å². The molecular formula is C11H21N3O3. The molecule has 0 aromatic rings. The van der Waals surface area contributed by atoms with Crippen LogP contribution in [0.25, 0.3) is 0 Å². The molecule has 6 heteroatoms. The number of carbonyl (C=O) groups is 3. The Morgan fingerprint density at radius 1 is 0.824 bits per heavy atom. The molecule has 4 amide bonds. The number of imide groups is 1. The Bertz CT molecular complexity index is 298. The number of hydrogen-bond donors (Lipinski definition) is 0. The average Bonchev–Trinajstić information content (AvgIpc) is 2.30. The summed E-state index contributed by atoms with van der Waals surface area (Å²) in [5.74, 6) is -1.40. The molecule has 0 unspecified atom stereocenters. The third-order valence-electron chi connectivity index (χ3n) is 2.41. The Balaban J connectivity index is 4.87. The van der Waals surface area contributed by atoms with Crippen LogP contribution in [-0.2, 0) is 9.59 Å². The van der Waals surface area contributed by atoms with E-state index in [0.29, 0.717) is 13.1 Å². The van der Waals surface area contributed by atoms with Crippen molar-refractivity contribution in [2.45, 2.75) is 20.8 Å². The summed E-state index contributed by atoms with van der Waals surface area (Å²) in [6.07, 6.45) is 0. The summed E-state index contributed by atoms with van der Waals surface area (Å²) in [4.78, 5) is 39.0. The Morgan fingerprint density at radius 3 is 1.59 bits per heavy atom. The van der Waals surface area contributed by atoms with E-state index in [0.717, 1.165) is 4.90 Å². The molecule has 0 aliphatic rings. The topological polar surface area (TPSA) is 60.9 Å². The third-order valence-corrected chi connectivity index (χ3v) is 2.41. The molecule has 0 saturated heterocycles. The van der Waals surface area contributed by atoms with Crippen molar-refractivity contribution in [3.05, 3.63) is 0 Å². The van der Waals surface area contributed by atoms with Gasteiger partial charge in [-0.05, 0) is 20.8 Å². The first-order chi connectivity index (χ1) is 7.90. The van der Waals surface area contributed by atoms with Crippen LogP contribution in [-0.4, -0.2) is 66.3 Å². The second-order valence-corrected chi connectivity index (χ2v) is 3.70. The van der Waals surface area contributed by atoms with Gasteiger partial charge in [-0.25, -0.2) is 4.79 Å².